The van der Waals surface area contributed by atoms with Gasteiger partial charge in [0.25, 0.3) is 5.91 Å². The highest BCUT2D eigenvalue weighted by Crippen LogP contribution is 2.30. The van der Waals surface area contributed by atoms with Crippen LogP contribution in [-0.2, 0) is 19.4 Å². The molecule has 0 saturated heterocycles. The monoisotopic (exact) mass is 413 g/mol. The van der Waals surface area contributed by atoms with Crippen LogP contribution in [0.25, 0.3) is 5.69 Å². The molecule has 0 radical (unpaired) electrons. The van der Waals surface area contributed by atoms with E-state index in [1.165, 1.54) is 6.42 Å². The van der Waals surface area contributed by atoms with E-state index in [0.717, 1.165) is 43.1 Å². The van der Waals surface area contributed by atoms with Gasteiger partial charge in [0.15, 0.2) is 0 Å². The first-order chi connectivity index (χ1) is 14.2. The molecule has 1 aliphatic rings. The number of aromatic nitrogens is 4. The van der Waals surface area contributed by atoms with Crippen molar-refractivity contribution in [3.63, 3.8) is 0 Å². The zero-order valence-electron chi connectivity index (χ0n) is 16.4. The molecule has 0 spiro atoms. The molecule has 29 heavy (non-hydrogen) atoms. The van der Waals surface area contributed by atoms with E-state index < -0.39 is 0 Å². The van der Waals surface area contributed by atoms with E-state index in [0.29, 0.717) is 29.3 Å². The van der Waals surface area contributed by atoms with Crippen LogP contribution >= 0.6 is 11.6 Å². The number of nitrogens with zero attached hydrogens (tertiary/aromatic N) is 4. The van der Waals surface area contributed by atoms with Crippen LogP contribution in [-0.4, -0.2) is 38.9 Å². The van der Waals surface area contributed by atoms with Crippen LogP contribution in [0.1, 0.15) is 41.3 Å². The molecule has 2 aromatic heterocycles. The highest BCUT2D eigenvalue weighted by Gasteiger charge is 2.18. The summed E-state index contributed by atoms with van der Waals surface area (Å²) < 4.78 is 9.52. The van der Waals surface area contributed by atoms with Crippen LogP contribution in [0, 0.1) is 0 Å². The summed E-state index contributed by atoms with van der Waals surface area (Å²) in [5.74, 6) is 2.23. The number of fused-ring (bicyclic) bond motifs is 1. The van der Waals surface area contributed by atoms with Gasteiger partial charge in [0.05, 0.1) is 23.4 Å². The zero-order chi connectivity index (χ0) is 20.2. The Balaban J connectivity index is 1.45. The Morgan fingerprint density at radius 2 is 2.03 bits per heavy atom. The van der Waals surface area contributed by atoms with Crippen molar-refractivity contribution in [2.24, 2.45) is 0 Å². The van der Waals surface area contributed by atoms with E-state index in [9.17, 15) is 4.79 Å². The third-order valence-electron chi connectivity index (χ3n) is 5.22. The molecule has 3 aromatic rings. The minimum atomic E-state index is -0.224. The molecule has 0 fully saturated rings. The van der Waals surface area contributed by atoms with E-state index in [1.807, 2.05) is 29.1 Å². The Morgan fingerprint density at radius 3 is 2.83 bits per heavy atom. The van der Waals surface area contributed by atoms with Gasteiger partial charge in [0.2, 0.25) is 0 Å². The maximum Gasteiger partial charge on any atom is 0.255 e. The molecule has 1 aromatic carbocycles. The predicted molar refractivity (Wildman–Crippen MR) is 111 cm³/mol. The molecule has 0 atom stereocenters. The van der Waals surface area contributed by atoms with Gasteiger partial charge in [-0.05, 0) is 31.0 Å². The second-order valence-corrected chi connectivity index (χ2v) is 7.50. The van der Waals surface area contributed by atoms with Gasteiger partial charge in [-0.1, -0.05) is 18.0 Å². The SMILES string of the molecule is COc1cc(-n2cccc2)c(Cl)cc1C(=O)NCCc1nnc2n1CCCCC2. The smallest absolute Gasteiger partial charge is 0.255 e. The topological polar surface area (TPSA) is 74.0 Å². The Labute approximate surface area is 174 Å². The number of hydrogen-bond acceptors (Lipinski definition) is 4. The Kier molecular flexibility index (Phi) is 5.85. The molecular weight excluding hydrogens is 390 g/mol. The Morgan fingerprint density at radius 1 is 1.21 bits per heavy atom. The average Bonchev–Trinajstić information content (AvgIpc) is 3.33. The average molecular weight is 414 g/mol. The van der Waals surface area contributed by atoms with Crippen molar-refractivity contribution in [2.45, 2.75) is 38.6 Å². The lowest BCUT2D eigenvalue weighted by molar-refractivity contribution is 0.0951. The molecule has 8 heteroatoms. The van der Waals surface area contributed by atoms with Crippen LogP contribution in [0.5, 0.6) is 5.75 Å². The lowest BCUT2D eigenvalue weighted by Gasteiger charge is -2.14. The molecule has 0 saturated carbocycles. The molecule has 3 heterocycles. The minimum Gasteiger partial charge on any atom is -0.496 e. The molecular formula is C21H24ClN5O2. The van der Waals surface area contributed by atoms with Crippen molar-refractivity contribution in [3.05, 3.63) is 58.9 Å². The third-order valence-corrected chi connectivity index (χ3v) is 5.52. The molecule has 7 nitrogen and oxygen atoms in total. The summed E-state index contributed by atoms with van der Waals surface area (Å²) in [5.41, 5.74) is 1.17. The van der Waals surface area contributed by atoms with Gasteiger partial charge >= 0.3 is 0 Å². The summed E-state index contributed by atoms with van der Waals surface area (Å²) in [7, 11) is 1.55. The third kappa shape index (κ3) is 4.15. The van der Waals surface area contributed by atoms with E-state index in [1.54, 1.807) is 19.2 Å². The fraction of sp³-hybridized carbons (Fsp3) is 0.381. The first-order valence-corrected chi connectivity index (χ1v) is 10.2. The summed E-state index contributed by atoms with van der Waals surface area (Å²) in [5, 5.41) is 12.0. The minimum absolute atomic E-state index is 0.224. The number of amides is 1. The standard InChI is InChI=1S/C21H24ClN5O2/c1-29-18-14-17(26-10-5-6-11-26)16(22)13-15(18)21(28)23-9-8-20-25-24-19-7-3-2-4-12-27(19)20/h5-6,10-11,13-14H,2-4,7-9,12H2,1H3,(H,23,28). The van der Waals surface area contributed by atoms with E-state index in [2.05, 4.69) is 20.1 Å². The Bertz CT molecular complexity index is 997. The molecule has 1 amide bonds. The van der Waals surface area contributed by atoms with Crippen molar-refractivity contribution < 1.29 is 9.53 Å². The predicted octanol–water partition coefficient (Wildman–Crippen LogP) is 3.43. The molecule has 0 bridgehead atoms. The quantitative estimate of drug-likeness (QED) is 0.671. The summed E-state index contributed by atoms with van der Waals surface area (Å²) in [6.07, 6.45) is 8.92. The van der Waals surface area contributed by atoms with Crippen LogP contribution in [0.2, 0.25) is 5.02 Å². The zero-order valence-corrected chi connectivity index (χ0v) is 17.2. The first-order valence-electron chi connectivity index (χ1n) is 9.87. The number of aryl methyl sites for hydroxylation is 1. The van der Waals surface area contributed by atoms with Crippen molar-refractivity contribution in [1.29, 1.82) is 0 Å². The lowest BCUT2D eigenvalue weighted by Crippen LogP contribution is -2.27. The van der Waals surface area contributed by atoms with Crippen LogP contribution in [0.3, 0.4) is 0 Å². The number of rotatable bonds is 6. The van der Waals surface area contributed by atoms with Crippen LogP contribution < -0.4 is 10.1 Å². The number of hydrogen-bond donors (Lipinski definition) is 1. The largest absolute Gasteiger partial charge is 0.496 e. The van der Waals surface area contributed by atoms with E-state index in [4.69, 9.17) is 16.3 Å². The lowest BCUT2D eigenvalue weighted by atomic mass is 10.1. The second-order valence-electron chi connectivity index (χ2n) is 7.09. The number of ether oxygens (including phenoxy) is 1. The highest BCUT2D eigenvalue weighted by atomic mass is 35.5. The van der Waals surface area contributed by atoms with E-state index >= 15 is 0 Å². The number of carbonyl (C=O) groups is 1. The molecule has 4 rings (SSSR count). The number of carbonyl (C=O) groups excluding carboxylic acids is 1. The summed E-state index contributed by atoms with van der Waals surface area (Å²) in [6, 6.07) is 7.24. The van der Waals surface area contributed by atoms with Gasteiger partial charge in [0.1, 0.15) is 17.4 Å². The molecule has 0 unspecified atom stereocenters. The maximum absolute atomic E-state index is 12.7. The van der Waals surface area contributed by atoms with Crippen LogP contribution in [0.4, 0.5) is 0 Å². The van der Waals surface area contributed by atoms with Gasteiger partial charge < -0.3 is 19.2 Å². The molecule has 152 valence electrons. The first kappa shape index (κ1) is 19.5. The summed E-state index contributed by atoms with van der Waals surface area (Å²) in [6.45, 7) is 1.42. The summed E-state index contributed by atoms with van der Waals surface area (Å²) >= 11 is 6.43. The highest BCUT2D eigenvalue weighted by molar-refractivity contribution is 6.33. The Hall–Kier alpha value is -2.80. The van der Waals surface area contributed by atoms with Gasteiger partial charge in [-0.25, -0.2) is 0 Å². The summed E-state index contributed by atoms with van der Waals surface area (Å²) in [4.78, 5) is 12.7. The van der Waals surface area contributed by atoms with Crippen LogP contribution in [0.15, 0.2) is 36.7 Å². The number of methoxy groups -OCH3 is 1. The van der Waals surface area contributed by atoms with Crippen molar-refractivity contribution in [3.8, 4) is 11.4 Å². The molecule has 1 aliphatic heterocycles. The maximum atomic E-state index is 12.7. The van der Waals surface area contributed by atoms with Crippen molar-refractivity contribution in [2.75, 3.05) is 13.7 Å². The van der Waals surface area contributed by atoms with Gasteiger partial charge in [-0.15, -0.1) is 10.2 Å². The molecule has 0 aliphatic carbocycles. The number of halogens is 1. The van der Waals surface area contributed by atoms with E-state index in [-0.39, 0.29) is 5.91 Å². The number of benzene rings is 1. The van der Waals surface area contributed by atoms with Gasteiger partial charge in [-0.3, -0.25) is 4.79 Å². The number of nitrogens with one attached hydrogen (secondary N) is 1. The van der Waals surface area contributed by atoms with Crippen molar-refractivity contribution >= 4 is 17.5 Å². The van der Waals surface area contributed by atoms with Gasteiger partial charge in [-0.2, -0.15) is 0 Å². The van der Waals surface area contributed by atoms with Crippen molar-refractivity contribution in [1.82, 2.24) is 24.6 Å². The molecule has 1 N–H and O–H groups in total. The fourth-order valence-electron chi connectivity index (χ4n) is 3.70. The second kappa shape index (κ2) is 8.69. The van der Waals surface area contributed by atoms with Gasteiger partial charge in [0, 0.05) is 44.4 Å². The fourth-order valence-corrected chi connectivity index (χ4v) is 3.96. The normalized spacial score (nSPS) is 13.6.